The number of nitro groups is 1. The molecule has 0 saturated carbocycles. The van der Waals surface area contributed by atoms with Gasteiger partial charge in [-0.15, -0.1) is 11.3 Å². The Morgan fingerprint density at radius 2 is 2.06 bits per heavy atom. The second-order valence-electron chi connectivity index (χ2n) is 8.16. The summed E-state index contributed by atoms with van der Waals surface area (Å²) in [6.45, 7) is 3.60. The normalized spacial score (nSPS) is 15.7. The Balaban J connectivity index is 1.49. The minimum atomic E-state index is -0.678. The van der Waals surface area contributed by atoms with Gasteiger partial charge in [0, 0.05) is 35.7 Å². The van der Waals surface area contributed by atoms with Gasteiger partial charge in [0.1, 0.15) is 6.04 Å². The first-order valence-corrected chi connectivity index (χ1v) is 13.3. The fourth-order valence-electron chi connectivity index (χ4n) is 3.85. The lowest BCUT2D eigenvalue weighted by Gasteiger charge is -2.32. The van der Waals surface area contributed by atoms with Crippen molar-refractivity contribution in [2.24, 2.45) is 5.92 Å². The van der Waals surface area contributed by atoms with Gasteiger partial charge in [0.05, 0.1) is 4.92 Å². The van der Waals surface area contributed by atoms with Crippen molar-refractivity contribution in [2.75, 3.05) is 31.6 Å². The van der Waals surface area contributed by atoms with Crippen molar-refractivity contribution >= 4 is 40.6 Å². The summed E-state index contributed by atoms with van der Waals surface area (Å²) in [5.74, 6) is 0.446. The molecule has 1 aliphatic heterocycles. The predicted octanol–water partition coefficient (Wildman–Crippen LogP) is 3.54. The third-order valence-electron chi connectivity index (χ3n) is 5.78. The minimum absolute atomic E-state index is 0.154. The van der Waals surface area contributed by atoms with E-state index in [1.54, 1.807) is 23.1 Å². The van der Waals surface area contributed by atoms with Crippen LogP contribution in [0.5, 0.6) is 0 Å². The summed E-state index contributed by atoms with van der Waals surface area (Å²) in [6.07, 6.45) is 4.50. The molecule has 1 unspecified atom stereocenters. The van der Waals surface area contributed by atoms with E-state index in [0.717, 1.165) is 32.5 Å². The van der Waals surface area contributed by atoms with E-state index >= 15 is 0 Å². The van der Waals surface area contributed by atoms with E-state index in [1.807, 2.05) is 6.26 Å². The smallest absolute Gasteiger partial charge is 0.270 e. The first kappa shape index (κ1) is 25.2. The number of benzene rings is 1. The van der Waals surface area contributed by atoms with Crippen LogP contribution in [0.1, 0.15) is 34.5 Å². The summed E-state index contributed by atoms with van der Waals surface area (Å²) in [5, 5.41) is 18.9. The Morgan fingerprint density at radius 3 is 2.73 bits per heavy atom. The van der Waals surface area contributed by atoms with Gasteiger partial charge in [-0.1, -0.05) is 12.1 Å². The van der Waals surface area contributed by atoms with E-state index in [-0.39, 0.29) is 17.2 Å². The van der Waals surface area contributed by atoms with Gasteiger partial charge >= 0.3 is 0 Å². The average molecular weight is 491 g/mol. The van der Waals surface area contributed by atoms with Crippen LogP contribution < -0.4 is 10.6 Å². The number of amides is 2. The van der Waals surface area contributed by atoms with E-state index in [9.17, 15) is 19.7 Å². The van der Waals surface area contributed by atoms with Gasteiger partial charge in [-0.3, -0.25) is 24.6 Å². The SMILES string of the molecule is CSCCC(NC(=O)c1cccc([N+](=O)[O-])c1)C(=O)NCC1CCN(Cc2cccs2)CC1. The number of thiophene rings is 1. The number of non-ortho nitro benzene ring substituents is 1. The summed E-state index contributed by atoms with van der Waals surface area (Å²) < 4.78 is 0. The number of thioether (sulfide) groups is 1. The molecule has 10 heteroatoms. The second kappa shape index (κ2) is 12.7. The molecule has 1 fully saturated rings. The number of nitrogens with zero attached hydrogens (tertiary/aromatic N) is 2. The number of hydrogen-bond acceptors (Lipinski definition) is 7. The van der Waals surface area contributed by atoms with Gasteiger partial charge in [-0.25, -0.2) is 0 Å². The van der Waals surface area contributed by atoms with Gasteiger partial charge in [-0.2, -0.15) is 11.8 Å². The standard InChI is InChI=1S/C23H30N4O4S2/c1-32-13-9-21(25-22(28)18-4-2-5-19(14-18)27(30)31)23(29)24-15-17-7-10-26(11-8-17)16-20-6-3-12-33-20/h2-6,12,14,17,21H,7-11,13,15-16H2,1H3,(H,24,29)(H,25,28). The first-order chi connectivity index (χ1) is 16.0. The molecular formula is C23H30N4O4S2. The van der Waals surface area contributed by atoms with Gasteiger partial charge in [0.25, 0.3) is 11.6 Å². The zero-order valence-electron chi connectivity index (χ0n) is 18.7. The van der Waals surface area contributed by atoms with E-state index in [0.29, 0.717) is 24.6 Å². The molecule has 178 valence electrons. The molecule has 0 aliphatic carbocycles. The number of nitro benzene ring substituents is 1. The number of likely N-dealkylation sites (tertiary alicyclic amines) is 1. The summed E-state index contributed by atoms with van der Waals surface area (Å²) in [5.41, 5.74) is 0.0162. The highest BCUT2D eigenvalue weighted by molar-refractivity contribution is 7.98. The molecule has 1 aliphatic rings. The quantitative estimate of drug-likeness (QED) is 0.369. The molecule has 2 N–H and O–H groups in total. The van der Waals surface area contributed by atoms with E-state index in [1.165, 1.54) is 29.1 Å². The van der Waals surface area contributed by atoms with Gasteiger partial charge in [0.15, 0.2) is 0 Å². The van der Waals surface area contributed by atoms with Crippen molar-refractivity contribution in [1.82, 2.24) is 15.5 Å². The highest BCUT2D eigenvalue weighted by Crippen LogP contribution is 2.20. The van der Waals surface area contributed by atoms with Crippen molar-refractivity contribution in [3.05, 3.63) is 62.3 Å². The number of carbonyl (C=O) groups is 2. The topological polar surface area (TPSA) is 105 Å². The Kier molecular flexibility index (Phi) is 9.71. The van der Waals surface area contributed by atoms with Crippen molar-refractivity contribution < 1.29 is 14.5 Å². The second-order valence-corrected chi connectivity index (χ2v) is 10.2. The van der Waals surface area contributed by atoms with Crippen LogP contribution in [-0.4, -0.2) is 59.3 Å². The van der Waals surface area contributed by atoms with E-state index in [2.05, 4.69) is 33.0 Å². The summed E-state index contributed by atoms with van der Waals surface area (Å²) >= 11 is 3.38. The summed E-state index contributed by atoms with van der Waals surface area (Å²) in [4.78, 5) is 39.8. The van der Waals surface area contributed by atoms with Crippen LogP contribution in [0.25, 0.3) is 0 Å². The fraction of sp³-hybridized carbons (Fsp3) is 0.478. The lowest BCUT2D eigenvalue weighted by Crippen LogP contribution is -2.48. The Labute approximate surface area is 202 Å². The van der Waals surface area contributed by atoms with Crippen molar-refractivity contribution in [1.29, 1.82) is 0 Å². The zero-order valence-corrected chi connectivity index (χ0v) is 20.3. The molecule has 33 heavy (non-hydrogen) atoms. The van der Waals surface area contributed by atoms with Crippen LogP contribution >= 0.6 is 23.1 Å². The zero-order chi connectivity index (χ0) is 23.6. The number of hydrogen-bond donors (Lipinski definition) is 2. The van der Waals surface area contributed by atoms with Crippen LogP contribution in [0.15, 0.2) is 41.8 Å². The monoisotopic (exact) mass is 490 g/mol. The Morgan fingerprint density at radius 1 is 1.27 bits per heavy atom. The van der Waals surface area contributed by atoms with E-state index < -0.39 is 16.9 Å². The molecule has 1 atom stereocenters. The molecule has 1 saturated heterocycles. The van der Waals surface area contributed by atoms with Gasteiger partial charge in [-0.05, 0) is 67.8 Å². The van der Waals surface area contributed by atoms with Crippen LogP contribution in [0.3, 0.4) is 0 Å². The van der Waals surface area contributed by atoms with Crippen molar-refractivity contribution in [3.8, 4) is 0 Å². The molecular weight excluding hydrogens is 460 g/mol. The summed E-state index contributed by atoms with van der Waals surface area (Å²) in [6, 6.07) is 9.10. The molecule has 3 rings (SSSR count). The number of nitrogens with one attached hydrogen (secondary N) is 2. The molecule has 2 aromatic rings. The highest BCUT2D eigenvalue weighted by Gasteiger charge is 2.24. The number of carbonyl (C=O) groups excluding carboxylic acids is 2. The van der Waals surface area contributed by atoms with Crippen molar-refractivity contribution in [3.63, 3.8) is 0 Å². The minimum Gasteiger partial charge on any atom is -0.354 e. The average Bonchev–Trinajstić information content (AvgIpc) is 3.34. The van der Waals surface area contributed by atoms with Crippen LogP contribution in [0.4, 0.5) is 5.69 Å². The van der Waals surface area contributed by atoms with Crippen LogP contribution in [0, 0.1) is 16.0 Å². The molecule has 0 spiro atoms. The van der Waals surface area contributed by atoms with E-state index in [4.69, 9.17) is 0 Å². The number of rotatable bonds is 11. The maximum Gasteiger partial charge on any atom is 0.270 e. The lowest BCUT2D eigenvalue weighted by atomic mass is 9.96. The third-order valence-corrected chi connectivity index (χ3v) is 7.29. The molecule has 2 amide bonds. The predicted molar refractivity (Wildman–Crippen MR) is 133 cm³/mol. The molecule has 1 aromatic carbocycles. The van der Waals surface area contributed by atoms with Crippen LogP contribution in [0.2, 0.25) is 0 Å². The fourth-order valence-corrected chi connectivity index (χ4v) is 5.06. The number of piperidine rings is 1. The maximum atomic E-state index is 12.9. The van der Waals surface area contributed by atoms with Gasteiger partial charge < -0.3 is 10.6 Å². The van der Waals surface area contributed by atoms with Crippen LogP contribution in [-0.2, 0) is 11.3 Å². The first-order valence-electron chi connectivity index (χ1n) is 11.0. The highest BCUT2D eigenvalue weighted by atomic mass is 32.2. The molecule has 0 radical (unpaired) electrons. The Hall–Kier alpha value is -2.43. The molecule has 2 heterocycles. The molecule has 8 nitrogen and oxygen atoms in total. The van der Waals surface area contributed by atoms with Gasteiger partial charge in [0.2, 0.25) is 5.91 Å². The molecule has 0 bridgehead atoms. The third kappa shape index (κ3) is 7.83. The maximum absolute atomic E-state index is 12.9. The largest absolute Gasteiger partial charge is 0.354 e. The molecule has 1 aromatic heterocycles. The summed E-state index contributed by atoms with van der Waals surface area (Å²) in [7, 11) is 0. The Bertz CT molecular complexity index is 930. The van der Waals surface area contributed by atoms with Crippen molar-refractivity contribution in [2.45, 2.75) is 31.8 Å². The lowest BCUT2D eigenvalue weighted by molar-refractivity contribution is -0.384.